The van der Waals surface area contributed by atoms with Crippen LogP contribution >= 0.6 is 0 Å². The molecule has 3 heterocycles. The van der Waals surface area contributed by atoms with E-state index < -0.39 is 9.84 Å². The molecule has 2 N–H and O–H groups in total. The molecule has 0 bridgehead atoms. The maximum Gasteiger partial charge on any atom is 0.261 e. The summed E-state index contributed by atoms with van der Waals surface area (Å²) in [6, 6.07) is 9.94. The van der Waals surface area contributed by atoms with Crippen LogP contribution < -0.4 is 10.9 Å². The Morgan fingerprint density at radius 2 is 2.07 bits per heavy atom. The van der Waals surface area contributed by atoms with Crippen LogP contribution in [-0.4, -0.2) is 42.7 Å². The number of hydrogen-bond donors (Lipinski definition) is 2. The minimum Gasteiger partial charge on any atom is -0.379 e. The molecule has 3 aromatic rings. The Balaban J connectivity index is 1.77. The Bertz CT molecular complexity index is 1250. The van der Waals surface area contributed by atoms with Gasteiger partial charge in [0.25, 0.3) is 5.56 Å². The fourth-order valence-electron chi connectivity index (χ4n) is 3.48. The number of fused-ring (bicyclic) bond motifs is 1. The van der Waals surface area contributed by atoms with Crippen molar-refractivity contribution in [2.75, 3.05) is 24.8 Å². The zero-order valence-corrected chi connectivity index (χ0v) is 16.4. The number of nitriles is 1. The van der Waals surface area contributed by atoms with Gasteiger partial charge in [-0.15, -0.1) is 0 Å². The van der Waals surface area contributed by atoms with Crippen molar-refractivity contribution in [2.45, 2.75) is 17.4 Å². The van der Waals surface area contributed by atoms with Gasteiger partial charge in [-0.1, -0.05) is 0 Å². The molecule has 9 nitrogen and oxygen atoms in total. The van der Waals surface area contributed by atoms with Crippen molar-refractivity contribution in [2.24, 2.45) is 5.92 Å². The van der Waals surface area contributed by atoms with Crippen LogP contribution in [0.25, 0.3) is 10.9 Å². The van der Waals surface area contributed by atoms with E-state index >= 15 is 0 Å². The highest BCUT2D eigenvalue weighted by atomic mass is 32.2. The molecular weight excluding hydrogens is 394 g/mol. The number of pyridine rings is 1. The Labute approximate surface area is 166 Å². The zero-order valence-electron chi connectivity index (χ0n) is 15.6. The smallest absolute Gasteiger partial charge is 0.261 e. The molecule has 0 aliphatic carbocycles. The van der Waals surface area contributed by atoms with Crippen molar-refractivity contribution < 1.29 is 13.2 Å². The van der Waals surface area contributed by atoms with Gasteiger partial charge in [0.05, 0.1) is 35.0 Å². The number of nitrogens with zero attached hydrogens (tertiary/aromatic N) is 3. The molecule has 150 valence electrons. The van der Waals surface area contributed by atoms with Gasteiger partial charge in [0, 0.05) is 24.7 Å². The number of aromatic amines is 1. The molecule has 0 radical (unpaired) electrons. The van der Waals surface area contributed by atoms with Gasteiger partial charge in [-0.2, -0.15) is 10.4 Å². The first kappa shape index (κ1) is 19.2. The van der Waals surface area contributed by atoms with E-state index in [0.29, 0.717) is 42.0 Å². The second kappa shape index (κ2) is 7.35. The fourth-order valence-corrected chi connectivity index (χ4v) is 4.11. The van der Waals surface area contributed by atoms with Crippen LogP contribution in [0.15, 0.2) is 46.2 Å². The average molecular weight is 413 g/mol. The molecule has 1 aromatic carbocycles. The van der Waals surface area contributed by atoms with Crippen molar-refractivity contribution in [1.82, 2.24) is 14.8 Å². The molecule has 0 spiro atoms. The van der Waals surface area contributed by atoms with Gasteiger partial charge in [0.1, 0.15) is 5.39 Å². The molecule has 2 aromatic heterocycles. The minimum absolute atomic E-state index is 0.201. The van der Waals surface area contributed by atoms with Crippen LogP contribution in [0, 0.1) is 17.2 Å². The second-order valence-corrected chi connectivity index (χ2v) is 8.96. The van der Waals surface area contributed by atoms with Crippen molar-refractivity contribution in [3.8, 4) is 6.07 Å². The third-order valence-corrected chi connectivity index (χ3v) is 6.11. The number of benzene rings is 1. The topological polar surface area (TPSA) is 130 Å². The van der Waals surface area contributed by atoms with Crippen LogP contribution in [0.1, 0.15) is 12.5 Å². The molecule has 10 heteroatoms. The molecule has 0 amide bonds. The summed E-state index contributed by atoms with van der Waals surface area (Å²) >= 11 is 0. The van der Waals surface area contributed by atoms with Gasteiger partial charge in [0.15, 0.2) is 15.7 Å². The van der Waals surface area contributed by atoms with Crippen molar-refractivity contribution in [3.63, 3.8) is 0 Å². The maximum atomic E-state index is 12.5. The lowest BCUT2D eigenvalue weighted by Gasteiger charge is -2.27. The van der Waals surface area contributed by atoms with Gasteiger partial charge in [0.2, 0.25) is 0 Å². The lowest BCUT2D eigenvalue weighted by molar-refractivity contribution is 0.0359. The molecule has 1 aliphatic heterocycles. The normalized spacial score (nSPS) is 19.7. The van der Waals surface area contributed by atoms with Gasteiger partial charge >= 0.3 is 0 Å². The highest BCUT2D eigenvalue weighted by molar-refractivity contribution is 7.90. The van der Waals surface area contributed by atoms with Gasteiger partial charge in [-0.25, -0.2) is 8.42 Å². The summed E-state index contributed by atoms with van der Waals surface area (Å²) < 4.78 is 30.5. The van der Waals surface area contributed by atoms with Crippen LogP contribution in [0.2, 0.25) is 0 Å². The summed E-state index contributed by atoms with van der Waals surface area (Å²) in [5.74, 6) is 0.0595. The summed E-state index contributed by atoms with van der Waals surface area (Å²) in [6.07, 6.45) is 3.28. The summed E-state index contributed by atoms with van der Waals surface area (Å²) in [5.41, 5.74) is 0.873. The number of aromatic nitrogens is 3. The highest BCUT2D eigenvalue weighted by Gasteiger charge is 2.30. The molecule has 1 unspecified atom stereocenters. The number of ether oxygens (including phenoxy) is 1. The predicted octanol–water partition coefficient (Wildman–Crippen LogP) is 1.97. The molecule has 0 saturated carbocycles. The van der Waals surface area contributed by atoms with E-state index in [4.69, 9.17) is 4.74 Å². The fraction of sp³-hybridized carbons (Fsp3) is 0.316. The number of H-pyrrole nitrogens is 1. The van der Waals surface area contributed by atoms with Crippen LogP contribution in [0.5, 0.6) is 0 Å². The first-order valence-corrected chi connectivity index (χ1v) is 10.9. The lowest BCUT2D eigenvalue weighted by Crippen LogP contribution is -2.30. The van der Waals surface area contributed by atoms with Crippen molar-refractivity contribution in [1.29, 1.82) is 5.26 Å². The SMILES string of the molecule is CS(=O)(=O)c1ccc(Nc2nn([C@@H]3COCCC3C#N)c3cc[nH]c(=O)c23)cc1. The third kappa shape index (κ3) is 3.62. The van der Waals surface area contributed by atoms with E-state index in [2.05, 4.69) is 21.5 Å². The molecule has 2 atom stereocenters. The first-order valence-electron chi connectivity index (χ1n) is 9.03. The van der Waals surface area contributed by atoms with E-state index in [0.717, 1.165) is 6.26 Å². The van der Waals surface area contributed by atoms with Crippen LogP contribution in [0.4, 0.5) is 11.5 Å². The minimum atomic E-state index is -3.30. The van der Waals surface area contributed by atoms with Crippen LogP contribution in [-0.2, 0) is 14.6 Å². The quantitative estimate of drug-likeness (QED) is 0.669. The number of anilines is 2. The lowest BCUT2D eigenvalue weighted by atomic mass is 9.96. The van der Waals surface area contributed by atoms with E-state index in [1.165, 1.54) is 12.1 Å². The predicted molar refractivity (Wildman–Crippen MR) is 107 cm³/mol. The van der Waals surface area contributed by atoms with Crippen molar-refractivity contribution in [3.05, 3.63) is 46.9 Å². The van der Waals surface area contributed by atoms with Gasteiger partial charge in [-0.3, -0.25) is 9.48 Å². The number of nitrogens with one attached hydrogen (secondary N) is 2. The monoisotopic (exact) mass is 413 g/mol. The molecule has 4 rings (SSSR count). The molecule has 1 aliphatic rings. The average Bonchev–Trinajstić information content (AvgIpc) is 3.07. The second-order valence-electron chi connectivity index (χ2n) is 6.95. The van der Waals surface area contributed by atoms with Gasteiger partial charge < -0.3 is 15.0 Å². The molecular formula is C19H19N5O4S. The number of hydrogen-bond acceptors (Lipinski definition) is 7. The Hall–Kier alpha value is -3.16. The third-order valence-electron chi connectivity index (χ3n) is 4.98. The largest absolute Gasteiger partial charge is 0.379 e. The van der Waals surface area contributed by atoms with E-state index in [1.54, 1.807) is 29.1 Å². The Morgan fingerprint density at radius 1 is 1.31 bits per heavy atom. The first-order chi connectivity index (χ1) is 13.9. The number of rotatable bonds is 4. The zero-order chi connectivity index (χ0) is 20.6. The maximum absolute atomic E-state index is 12.5. The van der Waals surface area contributed by atoms with E-state index in [1.807, 2.05) is 0 Å². The summed E-state index contributed by atoms with van der Waals surface area (Å²) in [7, 11) is -3.30. The number of sulfone groups is 1. The van der Waals surface area contributed by atoms with E-state index in [-0.39, 0.29) is 22.4 Å². The summed E-state index contributed by atoms with van der Waals surface area (Å²) in [4.78, 5) is 15.3. The van der Waals surface area contributed by atoms with Crippen LogP contribution in [0.3, 0.4) is 0 Å². The molecule has 1 fully saturated rings. The summed E-state index contributed by atoms with van der Waals surface area (Å²) in [5, 5.41) is 17.5. The standard InChI is InChI=1S/C19H19N5O4S/c1-29(26,27)14-4-2-13(3-5-14)22-18-17-15(6-8-21-19(17)25)24(23-18)16-11-28-9-7-12(16)10-20/h2-6,8,12,16H,7,9,11H2,1H3,(H,21,25)(H,22,23)/t12?,16-/m1/s1. The Morgan fingerprint density at radius 3 is 2.76 bits per heavy atom. The highest BCUT2D eigenvalue weighted by Crippen LogP contribution is 2.31. The van der Waals surface area contributed by atoms with Gasteiger partial charge in [-0.05, 0) is 36.8 Å². The van der Waals surface area contributed by atoms with Crippen molar-refractivity contribution >= 4 is 32.2 Å². The van der Waals surface area contributed by atoms with E-state index in [9.17, 15) is 18.5 Å². The summed E-state index contributed by atoms with van der Waals surface area (Å²) in [6.45, 7) is 0.858. The Kier molecular flexibility index (Phi) is 4.86. The molecule has 1 saturated heterocycles. The molecule has 29 heavy (non-hydrogen) atoms.